The van der Waals surface area contributed by atoms with Crippen LogP contribution in [0.2, 0.25) is 0 Å². The molecule has 5 nitrogen and oxygen atoms in total. The van der Waals surface area contributed by atoms with Crippen molar-refractivity contribution >= 4 is 16.8 Å². The monoisotopic (exact) mass is 244 g/mol. The summed E-state index contributed by atoms with van der Waals surface area (Å²) < 4.78 is 13.3. The van der Waals surface area contributed by atoms with Gasteiger partial charge in [0.2, 0.25) is 5.91 Å². The van der Waals surface area contributed by atoms with Gasteiger partial charge >= 0.3 is 0 Å². The molecule has 6 heteroatoms. The fourth-order valence-corrected chi connectivity index (χ4v) is 1.96. The maximum atomic E-state index is 13.3. The van der Waals surface area contributed by atoms with Crippen molar-refractivity contribution < 1.29 is 9.18 Å². The van der Waals surface area contributed by atoms with Crippen molar-refractivity contribution in [1.82, 2.24) is 15.2 Å². The molecule has 0 bridgehead atoms. The van der Waals surface area contributed by atoms with Crippen molar-refractivity contribution in [2.45, 2.75) is 0 Å². The molecule has 0 aliphatic rings. The van der Waals surface area contributed by atoms with E-state index in [1.165, 1.54) is 18.2 Å². The predicted octanol–water partition coefficient (Wildman–Crippen LogP) is 1.80. The third-order valence-electron chi connectivity index (χ3n) is 2.79. The largest absolute Gasteiger partial charge is 0.366 e. The number of carbonyl (C=O) groups excluding carboxylic acids is 1. The number of nitrogens with two attached hydrogens (primary N) is 1. The predicted molar refractivity (Wildman–Crippen MR) is 64.4 cm³/mol. The average Bonchev–Trinajstić information content (AvgIpc) is 2.89. The molecule has 0 spiro atoms. The van der Waals surface area contributed by atoms with E-state index in [1.807, 2.05) is 0 Å². The van der Waals surface area contributed by atoms with Crippen molar-refractivity contribution in [3.63, 3.8) is 0 Å². The smallest absolute Gasteiger partial charge is 0.249 e. The molecule has 0 fully saturated rings. The lowest BCUT2D eigenvalue weighted by molar-refractivity contribution is 0.100. The zero-order valence-electron chi connectivity index (χ0n) is 9.20. The molecule has 0 aliphatic carbocycles. The molecular formula is C12H9FN4O. The fraction of sp³-hybridized carbons (Fsp3) is 0. The topological polar surface area (TPSA) is 87.6 Å². The molecule has 0 saturated heterocycles. The third kappa shape index (κ3) is 1.46. The van der Waals surface area contributed by atoms with Crippen LogP contribution in [-0.4, -0.2) is 21.1 Å². The first kappa shape index (κ1) is 10.5. The second kappa shape index (κ2) is 3.69. The first-order valence-electron chi connectivity index (χ1n) is 5.27. The molecule has 3 aromatic rings. The van der Waals surface area contributed by atoms with Crippen LogP contribution in [0.4, 0.5) is 4.39 Å². The van der Waals surface area contributed by atoms with Crippen LogP contribution in [0.5, 0.6) is 0 Å². The summed E-state index contributed by atoms with van der Waals surface area (Å²) in [6.45, 7) is 0. The summed E-state index contributed by atoms with van der Waals surface area (Å²) in [5, 5.41) is 7.67. The summed E-state index contributed by atoms with van der Waals surface area (Å²) in [6, 6.07) is 3.81. The minimum absolute atomic E-state index is 0.242. The molecule has 1 aromatic carbocycles. The SMILES string of the molecule is NC(=O)c1ccc(F)cc1-c1n[nH]c2c[nH]cc12. The summed E-state index contributed by atoms with van der Waals surface area (Å²) in [7, 11) is 0. The Kier molecular flexibility index (Phi) is 2.16. The van der Waals surface area contributed by atoms with E-state index in [0.29, 0.717) is 11.3 Å². The summed E-state index contributed by atoms with van der Waals surface area (Å²) in [5.74, 6) is -1.06. The lowest BCUT2D eigenvalue weighted by Gasteiger charge is -2.04. The summed E-state index contributed by atoms with van der Waals surface area (Å²) >= 11 is 0. The van der Waals surface area contributed by atoms with Gasteiger partial charge in [-0.3, -0.25) is 9.89 Å². The number of benzene rings is 1. The van der Waals surface area contributed by atoms with Gasteiger partial charge < -0.3 is 10.7 Å². The van der Waals surface area contributed by atoms with E-state index < -0.39 is 11.7 Å². The molecule has 18 heavy (non-hydrogen) atoms. The number of H-pyrrole nitrogens is 2. The van der Waals surface area contributed by atoms with Crippen LogP contribution in [0.3, 0.4) is 0 Å². The van der Waals surface area contributed by atoms with Crippen LogP contribution in [0.15, 0.2) is 30.6 Å². The van der Waals surface area contributed by atoms with Gasteiger partial charge in [-0.15, -0.1) is 0 Å². The standard InChI is InChI=1S/C12H9FN4O/c13-6-1-2-7(12(14)18)8(3-6)11-9-4-15-5-10(9)16-17-11/h1-5,15-16H,(H2,14,18). The number of fused-ring (bicyclic) bond motifs is 1. The van der Waals surface area contributed by atoms with Crippen LogP contribution in [-0.2, 0) is 0 Å². The van der Waals surface area contributed by atoms with Crippen molar-refractivity contribution in [3.05, 3.63) is 42.0 Å². The van der Waals surface area contributed by atoms with E-state index in [-0.39, 0.29) is 5.56 Å². The second-order valence-corrected chi connectivity index (χ2v) is 3.91. The molecule has 2 heterocycles. The number of aromatic amines is 2. The Morgan fingerprint density at radius 1 is 1.33 bits per heavy atom. The molecule has 90 valence electrons. The summed E-state index contributed by atoms with van der Waals surface area (Å²) in [6.07, 6.45) is 3.46. The van der Waals surface area contributed by atoms with Crippen molar-refractivity contribution in [2.75, 3.05) is 0 Å². The van der Waals surface area contributed by atoms with Crippen LogP contribution < -0.4 is 5.73 Å². The lowest BCUT2D eigenvalue weighted by atomic mass is 10.0. The van der Waals surface area contributed by atoms with Crippen LogP contribution >= 0.6 is 0 Å². The maximum absolute atomic E-state index is 13.3. The van der Waals surface area contributed by atoms with Crippen molar-refractivity contribution in [3.8, 4) is 11.3 Å². The zero-order valence-corrected chi connectivity index (χ0v) is 9.20. The van der Waals surface area contributed by atoms with E-state index in [9.17, 15) is 9.18 Å². The number of primary amides is 1. The molecule has 0 unspecified atom stereocenters. The highest BCUT2D eigenvalue weighted by Gasteiger charge is 2.16. The highest BCUT2D eigenvalue weighted by atomic mass is 19.1. The van der Waals surface area contributed by atoms with Gasteiger partial charge in [-0.2, -0.15) is 5.10 Å². The van der Waals surface area contributed by atoms with Crippen LogP contribution in [0.25, 0.3) is 22.2 Å². The van der Waals surface area contributed by atoms with Gasteiger partial charge in [0.15, 0.2) is 0 Å². The molecule has 4 N–H and O–H groups in total. The molecule has 1 amide bonds. The van der Waals surface area contributed by atoms with E-state index in [4.69, 9.17) is 5.73 Å². The summed E-state index contributed by atoms with van der Waals surface area (Å²) in [5.41, 5.74) is 7.19. The number of hydrogen-bond acceptors (Lipinski definition) is 2. The Morgan fingerprint density at radius 2 is 2.17 bits per heavy atom. The molecule has 0 aliphatic heterocycles. The molecule has 0 radical (unpaired) electrons. The van der Waals surface area contributed by atoms with E-state index in [2.05, 4.69) is 15.2 Å². The number of nitrogens with zero attached hydrogens (tertiary/aromatic N) is 1. The van der Waals surface area contributed by atoms with Crippen molar-refractivity contribution in [2.24, 2.45) is 5.73 Å². The first-order valence-corrected chi connectivity index (χ1v) is 5.27. The van der Waals surface area contributed by atoms with E-state index in [1.54, 1.807) is 12.4 Å². The normalized spacial score (nSPS) is 10.9. The number of rotatable bonds is 2. The number of aromatic nitrogens is 3. The van der Waals surface area contributed by atoms with Gasteiger partial charge in [-0.1, -0.05) is 0 Å². The van der Waals surface area contributed by atoms with Crippen LogP contribution in [0, 0.1) is 5.82 Å². The van der Waals surface area contributed by atoms with Gasteiger partial charge in [-0.25, -0.2) is 4.39 Å². The number of nitrogens with one attached hydrogen (secondary N) is 2. The molecule has 2 aromatic heterocycles. The highest BCUT2D eigenvalue weighted by molar-refractivity contribution is 6.03. The van der Waals surface area contributed by atoms with Gasteiger partial charge in [0, 0.05) is 28.9 Å². The fourth-order valence-electron chi connectivity index (χ4n) is 1.96. The number of amides is 1. The van der Waals surface area contributed by atoms with E-state index in [0.717, 1.165) is 10.9 Å². The summed E-state index contributed by atoms with van der Waals surface area (Å²) in [4.78, 5) is 14.3. The Labute approximate surface area is 101 Å². The van der Waals surface area contributed by atoms with Gasteiger partial charge in [0.05, 0.1) is 5.52 Å². The van der Waals surface area contributed by atoms with Gasteiger partial charge in [0.1, 0.15) is 11.5 Å². The van der Waals surface area contributed by atoms with Gasteiger partial charge in [0.25, 0.3) is 0 Å². The maximum Gasteiger partial charge on any atom is 0.249 e. The molecule has 3 rings (SSSR count). The third-order valence-corrected chi connectivity index (χ3v) is 2.79. The first-order chi connectivity index (χ1) is 8.66. The molecular weight excluding hydrogens is 235 g/mol. The molecule has 0 saturated carbocycles. The molecule has 0 atom stereocenters. The minimum Gasteiger partial charge on any atom is -0.366 e. The lowest BCUT2D eigenvalue weighted by Crippen LogP contribution is -2.12. The van der Waals surface area contributed by atoms with Gasteiger partial charge in [-0.05, 0) is 18.2 Å². The number of carbonyl (C=O) groups is 1. The van der Waals surface area contributed by atoms with Crippen molar-refractivity contribution in [1.29, 1.82) is 0 Å². The Morgan fingerprint density at radius 3 is 2.94 bits per heavy atom. The van der Waals surface area contributed by atoms with Crippen LogP contribution in [0.1, 0.15) is 10.4 Å². The number of halogens is 1. The Bertz CT molecular complexity index is 743. The number of hydrogen-bond donors (Lipinski definition) is 3. The quantitative estimate of drug-likeness (QED) is 0.641. The highest BCUT2D eigenvalue weighted by Crippen LogP contribution is 2.29. The average molecular weight is 244 g/mol. The minimum atomic E-state index is -0.614. The Balaban J connectivity index is 2.31. The second-order valence-electron chi connectivity index (χ2n) is 3.91. The van der Waals surface area contributed by atoms with E-state index >= 15 is 0 Å². The Hall–Kier alpha value is -2.63. The zero-order chi connectivity index (χ0) is 12.7.